The lowest BCUT2D eigenvalue weighted by atomic mass is 10.1. The Bertz CT molecular complexity index is 190. The lowest BCUT2D eigenvalue weighted by molar-refractivity contribution is -0.189. The van der Waals surface area contributed by atoms with Crippen molar-refractivity contribution in [2.45, 2.75) is 24.4 Å². The van der Waals surface area contributed by atoms with Gasteiger partial charge in [0.15, 0.2) is 0 Å². The minimum atomic E-state index is -2.13. The van der Waals surface area contributed by atoms with Crippen LogP contribution in [0.25, 0.3) is 0 Å². The van der Waals surface area contributed by atoms with Gasteiger partial charge in [0.2, 0.25) is 0 Å². The molecule has 1 heterocycles. The fraction of sp³-hybridized carbons (Fsp3) is 0.833. The molecule has 3 atom stereocenters. The summed E-state index contributed by atoms with van der Waals surface area (Å²) < 4.78 is 4.65. The van der Waals surface area contributed by atoms with Gasteiger partial charge in [0.1, 0.15) is 12.2 Å². The molecular formula is C6H9NO4. The van der Waals surface area contributed by atoms with Crippen molar-refractivity contribution < 1.29 is 20.1 Å². The Morgan fingerprint density at radius 3 is 2.64 bits per heavy atom. The van der Waals surface area contributed by atoms with Gasteiger partial charge in [-0.2, -0.15) is 5.26 Å². The van der Waals surface area contributed by atoms with Crippen molar-refractivity contribution >= 4 is 0 Å². The van der Waals surface area contributed by atoms with Crippen molar-refractivity contribution in [3.8, 4) is 6.07 Å². The number of aliphatic hydroxyl groups excluding tert-OH is 2. The van der Waals surface area contributed by atoms with E-state index >= 15 is 0 Å². The summed E-state index contributed by atoms with van der Waals surface area (Å²) in [5, 5.41) is 35.1. The van der Waals surface area contributed by atoms with Crippen LogP contribution in [0.2, 0.25) is 0 Å². The molecule has 0 amide bonds. The molecule has 1 fully saturated rings. The quantitative estimate of drug-likeness (QED) is 0.398. The van der Waals surface area contributed by atoms with Crippen LogP contribution in [0.1, 0.15) is 6.42 Å². The normalized spacial score (nSPS) is 43.8. The van der Waals surface area contributed by atoms with Gasteiger partial charge in [-0.05, 0) is 0 Å². The van der Waals surface area contributed by atoms with Gasteiger partial charge < -0.3 is 20.1 Å². The Morgan fingerprint density at radius 2 is 2.36 bits per heavy atom. The van der Waals surface area contributed by atoms with Crippen LogP contribution in [0, 0.1) is 11.3 Å². The maximum Gasteiger partial charge on any atom is 0.284 e. The average molecular weight is 159 g/mol. The second-order valence-electron chi connectivity index (χ2n) is 2.48. The zero-order valence-electron chi connectivity index (χ0n) is 5.77. The van der Waals surface area contributed by atoms with E-state index in [1.165, 1.54) is 6.07 Å². The lowest BCUT2D eigenvalue weighted by Gasteiger charge is -2.16. The maximum absolute atomic E-state index is 9.13. The van der Waals surface area contributed by atoms with Crippen LogP contribution in [0.4, 0.5) is 0 Å². The van der Waals surface area contributed by atoms with Crippen LogP contribution in [0.15, 0.2) is 0 Å². The highest BCUT2D eigenvalue weighted by molar-refractivity contribution is 5.03. The van der Waals surface area contributed by atoms with Gasteiger partial charge in [0.25, 0.3) is 5.79 Å². The van der Waals surface area contributed by atoms with Crippen LogP contribution < -0.4 is 0 Å². The van der Waals surface area contributed by atoms with Gasteiger partial charge in [-0.15, -0.1) is 0 Å². The molecular weight excluding hydrogens is 150 g/mol. The molecule has 3 unspecified atom stereocenters. The molecule has 1 rings (SSSR count). The lowest BCUT2D eigenvalue weighted by Crippen LogP contribution is -2.37. The van der Waals surface area contributed by atoms with Gasteiger partial charge >= 0.3 is 0 Å². The summed E-state index contributed by atoms with van der Waals surface area (Å²) in [5.74, 6) is -2.13. The average Bonchev–Trinajstić information content (AvgIpc) is 2.29. The van der Waals surface area contributed by atoms with Crippen LogP contribution in [0.5, 0.6) is 0 Å². The molecule has 3 N–H and O–H groups in total. The highest BCUT2D eigenvalue weighted by Gasteiger charge is 2.47. The van der Waals surface area contributed by atoms with E-state index in [4.69, 9.17) is 20.6 Å². The van der Waals surface area contributed by atoms with Crippen molar-refractivity contribution in [2.75, 3.05) is 6.61 Å². The number of nitrogens with zero attached hydrogens (tertiary/aromatic N) is 1. The molecule has 62 valence electrons. The Morgan fingerprint density at radius 1 is 1.73 bits per heavy atom. The third-order valence-corrected chi connectivity index (χ3v) is 1.65. The topological polar surface area (TPSA) is 93.7 Å². The number of ether oxygens (including phenoxy) is 1. The van der Waals surface area contributed by atoms with Crippen molar-refractivity contribution in [3.63, 3.8) is 0 Å². The van der Waals surface area contributed by atoms with Crippen LogP contribution in [-0.2, 0) is 4.74 Å². The second-order valence-corrected chi connectivity index (χ2v) is 2.48. The Labute approximate surface area is 63.4 Å². The Kier molecular flexibility index (Phi) is 2.11. The largest absolute Gasteiger partial charge is 0.394 e. The molecule has 1 saturated heterocycles. The summed E-state index contributed by atoms with van der Waals surface area (Å²) in [6.07, 6.45) is -1.79. The first-order valence-corrected chi connectivity index (χ1v) is 3.22. The van der Waals surface area contributed by atoms with Gasteiger partial charge in [-0.3, -0.25) is 0 Å². The van der Waals surface area contributed by atoms with E-state index in [9.17, 15) is 0 Å². The van der Waals surface area contributed by atoms with Crippen molar-refractivity contribution in [1.29, 1.82) is 5.26 Å². The third kappa shape index (κ3) is 1.34. The minimum Gasteiger partial charge on any atom is -0.394 e. The molecule has 0 aromatic heterocycles. The first kappa shape index (κ1) is 8.43. The van der Waals surface area contributed by atoms with Crippen molar-refractivity contribution in [3.05, 3.63) is 0 Å². The highest BCUT2D eigenvalue weighted by Crippen LogP contribution is 2.27. The number of rotatable bonds is 1. The van der Waals surface area contributed by atoms with Crippen LogP contribution in [-0.4, -0.2) is 39.9 Å². The highest BCUT2D eigenvalue weighted by atomic mass is 16.7. The smallest absolute Gasteiger partial charge is 0.284 e. The molecule has 1 aliphatic rings. The third-order valence-electron chi connectivity index (χ3n) is 1.65. The number of aliphatic hydroxyl groups is 3. The summed E-state index contributed by atoms with van der Waals surface area (Å²) in [4.78, 5) is 0. The zero-order valence-corrected chi connectivity index (χ0v) is 5.77. The molecule has 0 radical (unpaired) electrons. The summed E-state index contributed by atoms with van der Waals surface area (Å²) in [5.41, 5.74) is 0. The predicted molar refractivity (Wildman–Crippen MR) is 33.1 cm³/mol. The fourth-order valence-electron chi connectivity index (χ4n) is 1.00. The van der Waals surface area contributed by atoms with Crippen molar-refractivity contribution in [1.82, 2.24) is 0 Å². The van der Waals surface area contributed by atoms with Crippen LogP contribution >= 0.6 is 0 Å². The zero-order chi connectivity index (χ0) is 8.48. The number of hydrogen-bond donors (Lipinski definition) is 3. The maximum atomic E-state index is 9.13. The monoisotopic (exact) mass is 159 g/mol. The van der Waals surface area contributed by atoms with Crippen molar-refractivity contribution in [2.24, 2.45) is 0 Å². The van der Waals surface area contributed by atoms with E-state index in [-0.39, 0.29) is 13.0 Å². The molecule has 0 aromatic carbocycles. The Hall–Kier alpha value is -0.670. The van der Waals surface area contributed by atoms with Gasteiger partial charge in [0, 0.05) is 6.42 Å². The molecule has 1 aliphatic heterocycles. The minimum absolute atomic E-state index is 0.0839. The van der Waals surface area contributed by atoms with E-state index in [0.717, 1.165) is 0 Å². The molecule has 0 bridgehead atoms. The predicted octanol–water partition coefficient (Wildman–Crippen LogP) is -1.66. The summed E-state index contributed by atoms with van der Waals surface area (Å²) in [6.45, 7) is -0.305. The summed E-state index contributed by atoms with van der Waals surface area (Å²) in [7, 11) is 0. The molecule has 11 heavy (non-hydrogen) atoms. The number of nitriles is 1. The molecule has 5 heteroatoms. The summed E-state index contributed by atoms with van der Waals surface area (Å²) >= 11 is 0. The fourth-order valence-corrected chi connectivity index (χ4v) is 1.00. The van der Waals surface area contributed by atoms with E-state index in [1.54, 1.807) is 0 Å². The van der Waals surface area contributed by atoms with E-state index < -0.39 is 18.0 Å². The SMILES string of the molecule is N#CC1(O)OC(CO)CC1O. The molecule has 5 nitrogen and oxygen atoms in total. The molecule has 0 spiro atoms. The molecule has 0 aliphatic carbocycles. The Balaban J connectivity index is 2.67. The first-order valence-electron chi connectivity index (χ1n) is 3.22. The number of hydrogen-bond acceptors (Lipinski definition) is 5. The first-order chi connectivity index (χ1) is 5.12. The van der Waals surface area contributed by atoms with E-state index in [1.807, 2.05) is 0 Å². The standard InChI is InChI=1S/C6H9NO4/c7-3-6(10)5(9)1-4(2-8)11-6/h4-5,8-10H,1-2H2. The second kappa shape index (κ2) is 2.75. The van der Waals surface area contributed by atoms with Gasteiger partial charge in [0.05, 0.1) is 12.7 Å². The summed E-state index contributed by atoms with van der Waals surface area (Å²) in [6, 6.07) is 1.43. The van der Waals surface area contributed by atoms with Crippen LogP contribution in [0.3, 0.4) is 0 Å². The van der Waals surface area contributed by atoms with Gasteiger partial charge in [-0.1, -0.05) is 0 Å². The molecule has 0 aromatic rings. The van der Waals surface area contributed by atoms with E-state index in [0.29, 0.717) is 0 Å². The van der Waals surface area contributed by atoms with Gasteiger partial charge in [-0.25, -0.2) is 0 Å². The molecule has 0 saturated carbocycles. The van der Waals surface area contributed by atoms with E-state index in [2.05, 4.69) is 4.74 Å².